The number of benzene rings is 1. The van der Waals surface area contributed by atoms with Gasteiger partial charge in [-0.25, -0.2) is 13.5 Å². The van der Waals surface area contributed by atoms with Crippen molar-refractivity contribution >= 4 is 5.91 Å². The molecule has 2 aliphatic rings. The third kappa shape index (κ3) is 3.63. The molecular weight excluding hydrogens is 394 g/mol. The highest BCUT2D eigenvalue weighted by atomic mass is 19.1. The second-order valence-electron chi connectivity index (χ2n) is 8.19. The minimum absolute atomic E-state index is 0.210. The van der Waals surface area contributed by atoms with E-state index < -0.39 is 23.4 Å². The lowest BCUT2D eigenvalue weighted by molar-refractivity contribution is -0.164. The fourth-order valence-electron chi connectivity index (χ4n) is 4.32. The molecule has 1 N–H and O–H groups in total. The molecule has 2 fully saturated rings. The lowest BCUT2D eigenvalue weighted by Crippen LogP contribution is -2.52. The van der Waals surface area contributed by atoms with E-state index in [1.807, 2.05) is 6.07 Å². The van der Waals surface area contributed by atoms with E-state index in [-0.39, 0.29) is 23.6 Å². The number of nitriles is 1. The first-order valence-electron chi connectivity index (χ1n) is 9.80. The summed E-state index contributed by atoms with van der Waals surface area (Å²) in [7, 11) is 1.67. The molecule has 30 heavy (non-hydrogen) atoms. The highest BCUT2D eigenvalue weighted by Gasteiger charge is 2.49. The van der Waals surface area contributed by atoms with E-state index in [1.165, 1.54) is 27.8 Å². The van der Waals surface area contributed by atoms with E-state index in [9.17, 15) is 18.7 Å². The topological polar surface area (TPSA) is 91.4 Å². The first-order valence-corrected chi connectivity index (χ1v) is 9.80. The van der Waals surface area contributed by atoms with Crippen LogP contribution >= 0.6 is 0 Å². The SMILES string of the molecule is Cn1nc(C#N)cc1OC1CC(C(=O)N2C(c3cc(F)cc(F)c3)CCC2(C)O)C1. The van der Waals surface area contributed by atoms with Crippen molar-refractivity contribution in [1.29, 1.82) is 5.26 Å². The van der Waals surface area contributed by atoms with Crippen molar-refractivity contribution in [2.24, 2.45) is 13.0 Å². The number of likely N-dealkylation sites (tertiary alicyclic amines) is 1. The van der Waals surface area contributed by atoms with Crippen LogP contribution in [0.25, 0.3) is 0 Å². The number of rotatable bonds is 4. The molecule has 1 aromatic heterocycles. The zero-order valence-electron chi connectivity index (χ0n) is 16.7. The molecule has 1 amide bonds. The molecule has 2 atom stereocenters. The molecule has 9 heteroatoms. The molecular formula is C21H22F2N4O3. The van der Waals surface area contributed by atoms with Crippen LogP contribution in [-0.4, -0.2) is 37.5 Å². The van der Waals surface area contributed by atoms with Gasteiger partial charge in [0.2, 0.25) is 11.8 Å². The van der Waals surface area contributed by atoms with Crippen molar-refractivity contribution in [2.45, 2.75) is 50.5 Å². The van der Waals surface area contributed by atoms with Crippen molar-refractivity contribution in [1.82, 2.24) is 14.7 Å². The van der Waals surface area contributed by atoms with Gasteiger partial charge in [0.1, 0.15) is 29.5 Å². The maximum absolute atomic E-state index is 13.7. The number of ether oxygens (including phenoxy) is 1. The Morgan fingerprint density at radius 1 is 1.30 bits per heavy atom. The summed E-state index contributed by atoms with van der Waals surface area (Å²) in [6, 6.07) is 6.09. The zero-order valence-corrected chi connectivity index (χ0v) is 16.7. The predicted octanol–water partition coefficient (Wildman–Crippen LogP) is 2.80. The number of carbonyl (C=O) groups excluding carboxylic acids is 1. The minimum Gasteiger partial charge on any atom is -0.474 e. The number of carbonyl (C=O) groups is 1. The fraction of sp³-hybridized carbons (Fsp3) is 0.476. The minimum atomic E-state index is -1.39. The van der Waals surface area contributed by atoms with Crippen LogP contribution in [0.2, 0.25) is 0 Å². The van der Waals surface area contributed by atoms with Gasteiger partial charge < -0.3 is 14.7 Å². The molecule has 4 rings (SSSR count). The van der Waals surface area contributed by atoms with Crippen LogP contribution in [0.3, 0.4) is 0 Å². The predicted molar refractivity (Wildman–Crippen MR) is 101 cm³/mol. The van der Waals surface area contributed by atoms with Crippen molar-refractivity contribution in [3.05, 3.63) is 47.2 Å². The lowest BCUT2D eigenvalue weighted by Gasteiger charge is -2.42. The number of halogens is 2. The van der Waals surface area contributed by atoms with Gasteiger partial charge in [-0.1, -0.05) is 0 Å². The van der Waals surface area contributed by atoms with Crippen molar-refractivity contribution in [2.75, 3.05) is 0 Å². The molecule has 1 saturated heterocycles. The van der Waals surface area contributed by atoms with E-state index in [0.717, 1.165) is 6.07 Å². The second kappa shape index (κ2) is 7.36. The summed E-state index contributed by atoms with van der Waals surface area (Å²) < 4.78 is 34.7. The van der Waals surface area contributed by atoms with Gasteiger partial charge in [0, 0.05) is 25.1 Å². The Morgan fingerprint density at radius 3 is 2.57 bits per heavy atom. The summed E-state index contributed by atoms with van der Waals surface area (Å²) in [5.41, 5.74) is -0.803. The smallest absolute Gasteiger partial charge is 0.228 e. The molecule has 0 bridgehead atoms. The summed E-state index contributed by atoms with van der Waals surface area (Å²) in [5, 5.41) is 23.7. The Labute approximate surface area is 172 Å². The molecule has 1 aliphatic heterocycles. The van der Waals surface area contributed by atoms with Crippen molar-refractivity contribution in [3.8, 4) is 11.9 Å². The second-order valence-corrected chi connectivity index (χ2v) is 8.19. The Morgan fingerprint density at radius 2 is 1.97 bits per heavy atom. The molecule has 158 valence electrons. The molecule has 2 unspecified atom stereocenters. The Hall–Kier alpha value is -2.99. The first-order chi connectivity index (χ1) is 14.2. The van der Waals surface area contributed by atoms with E-state index >= 15 is 0 Å². The molecule has 7 nitrogen and oxygen atoms in total. The van der Waals surface area contributed by atoms with Crippen molar-refractivity contribution < 1.29 is 23.4 Å². The number of aromatic nitrogens is 2. The fourth-order valence-corrected chi connectivity index (χ4v) is 4.32. The normalized spacial score (nSPS) is 28.1. The highest BCUT2D eigenvalue weighted by molar-refractivity contribution is 5.81. The summed E-state index contributed by atoms with van der Waals surface area (Å²) in [6.45, 7) is 1.55. The van der Waals surface area contributed by atoms with E-state index in [4.69, 9.17) is 10.00 Å². The average molecular weight is 416 g/mol. The number of hydrogen-bond acceptors (Lipinski definition) is 5. The monoisotopic (exact) mass is 416 g/mol. The van der Waals surface area contributed by atoms with Crippen LogP contribution < -0.4 is 4.74 Å². The van der Waals surface area contributed by atoms with Crippen LogP contribution in [0.1, 0.15) is 49.9 Å². The standard InChI is InChI=1S/C21H22F2N4O3/c1-21(29)4-3-18(12-5-14(22)9-15(23)6-12)27(21)20(28)13-7-17(8-13)30-19-10-16(11-24)25-26(19)2/h5-6,9-10,13,17-18,29H,3-4,7-8H2,1-2H3. The first kappa shape index (κ1) is 20.3. The lowest BCUT2D eigenvalue weighted by atomic mass is 9.80. The maximum atomic E-state index is 13.7. The summed E-state index contributed by atoms with van der Waals surface area (Å²) >= 11 is 0. The van der Waals surface area contributed by atoms with Crippen LogP contribution in [0, 0.1) is 28.9 Å². The highest BCUT2D eigenvalue weighted by Crippen LogP contribution is 2.45. The average Bonchev–Trinajstić information content (AvgIpc) is 3.15. The largest absolute Gasteiger partial charge is 0.474 e. The van der Waals surface area contributed by atoms with Crippen LogP contribution in [-0.2, 0) is 11.8 Å². The van der Waals surface area contributed by atoms with Gasteiger partial charge in [-0.05, 0) is 50.3 Å². The number of aryl methyl sites for hydroxylation is 1. The summed E-state index contributed by atoms with van der Waals surface area (Å²) in [5.74, 6) is -1.59. The zero-order chi connectivity index (χ0) is 21.6. The third-order valence-electron chi connectivity index (χ3n) is 5.91. The molecule has 1 aromatic carbocycles. The van der Waals surface area contributed by atoms with Gasteiger partial charge >= 0.3 is 0 Å². The molecule has 1 saturated carbocycles. The molecule has 0 spiro atoms. The van der Waals surface area contributed by atoms with E-state index in [2.05, 4.69) is 5.10 Å². The molecule has 0 radical (unpaired) electrons. The van der Waals surface area contributed by atoms with Crippen LogP contribution in [0.15, 0.2) is 24.3 Å². The Balaban J connectivity index is 1.46. The number of amides is 1. The summed E-state index contributed by atoms with van der Waals surface area (Å²) in [6.07, 6.45) is 1.42. The molecule has 1 aliphatic carbocycles. The van der Waals surface area contributed by atoms with Gasteiger partial charge in [-0.2, -0.15) is 10.4 Å². The Bertz CT molecular complexity index is 1000. The Kier molecular flexibility index (Phi) is 4.98. The molecule has 2 heterocycles. The van der Waals surface area contributed by atoms with Gasteiger partial charge in [0.05, 0.1) is 6.04 Å². The van der Waals surface area contributed by atoms with E-state index in [0.29, 0.717) is 37.1 Å². The maximum Gasteiger partial charge on any atom is 0.228 e. The van der Waals surface area contributed by atoms with Crippen LogP contribution in [0.5, 0.6) is 5.88 Å². The van der Waals surface area contributed by atoms with Gasteiger partial charge in [-0.15, -0.1) is 0 Å². The quantitative estimate of drug-likeness (QED) is 0.828. The number of nitrogens with zero attached hydrogens (tertiary/aromatic N) is 4. The van der Waals surface area contributed by atoms with Gasteiger partial charge in [-0.3, -0.25) is 4.79 Å². The van der Waals surface area contributed by atoms with Gasteiger partial charge in [0.15, 0.2) is 5.69 Å². The van der Waals surface area contributed by atoms with Gasteiger partial charge in [0.25, 0.3) is 0 Å². The van der Waals surface area contributed by atoms with Crippen molar-refractivity contribution in [3.63, 3.8) is 0 Å². The number of hydrogen-bond donors (Lipinski definition) is 1. The summed E-state index contributed by atoms with van der Waals surface area (Å²) in [4.78, 5) is 14.5. The molecule has 2 aromatic rings. The number of aliphatic hydroxyl groups is 1. The third-order valence-corrected chi connectivity index (χ3v) is 5.91. The van der Waals surface area contributed by atoms with E-state index in [1.54, 1.807) is 14.0 Å². The van der Waals surface area contributed by atoms with Crippen LogP contribution in [0.4, 0.5) is 8.78 Å².